The van der Waals surface area contributed by atoms with Gasteiger partial charge in [-0.05, 0) is 25.0 Å². The molecule has 0 saturated carbocycles. The molecule has 1 unspecified atom stereocenters. The van der Waals surface area contributed by atoms with Crippen molar-refractivity contribution in [2.45, 2.75) is 25.1 Å². The fourth-order valence-corrected chi connectivity index (χ4v) is 3.17. The van der Waals surface area contributed by atoms with Crippen LogP contribution in [0, 0.1) is 0 Å². The summed E-state index contributed by atoms with van der Waals surface area (Å²) in [4.78, 5) is 0. The zero-order chi connectivity index (χ0) is 12.2. The van der Waals surface area contributed by atoms with Crippen LogP contribution in [0.3, 0.4) is 0 Å². The molecule has 0 saturated heterocycles. The van der Waals surface area contributed by atoms with E-state index in [1.807, 2.05) is 0 Å². The monoisotopic (exact) mass is 261 g/mol. The van der Waals surface area contributed by atoms with Crippen molar-refractivity contribution in [1.29, 1.82) is 0 Å². The molecule has 5 heteroatoms. The van der Waals surface area contributed by atoms with Gasteiger partial charge in [0.05, 0.1) is 11.5 Å². The Hall–Kier alpha value is -0.580. The van der Waals surface area contributed by atoms with Gasteiger partial charge in [-0.1, -0.05) is 29.8 Å². The smallest absolute Gasteiger partial charge is 0.154 e. The van der Waals surface area contributed by atoms with E-state index in [9.17, 15) is 8.42 Å². The van der Waals surface area contributed by atoms with Gasteiger partial charge in [-0.2, -0.15) is 0 Å². The van der Waals surface area contributed by atoms with Crippen LogP contribution in [-0.2, 0) is 15.6 Å². The fourth-order valence-electron chi connectivity index (χ4n) is 1.29. The molecule has 0 bridgehead atoms. The van der Waals surface area contributed by atoms with E-state index < -0.39 is 9.84 Å². The van der Waals surface area contributed by atoms with E-state index in [-0.39, 0.29) is 17.5 Å². The van der Waals surface area contributed by atoms with Crippen molar-refractivity contribution < 1.29 is 8.42 Å². The van der Waals surface area contributed by atoms with Gasteiger partial charge < -0.3 is 5.73 Å². The predicted octanol–water partition coefficient (Wildman–Crippen LogP) is 1.99. The Labute approximate surface area is 102 Å². The third-order valence-electron chi connectivity index (χ3n) is 2.22. The van der Waals surface area contributed by atoms with Crippen LogP contribution in [0.2, 0.25) is 5.02 Å². The zero-order valence-electron chi connectivity index (χ0n) is 9.19. The number of halogens is 1. The molecule has 90 valence electrons. The molecule has 3 nitrogen and oxygen atoms in total. The number of nitrogens with two attached hydrogens (primary N) is 1. The summed E-state index contributed by atoms with van der Waals surface area (Å²) in [6.07, 6.45) is 0.479. The maximum Gasteiger partial charge on any atom is 0.154 e. The number of hydrogen-bond donors (Lipinski definition) is 1. The molecule has 0 aliphatic rings. The molecule has 1 aromatic carbocycles. The van der Waals surface area contributed by atoms with Crippen LogP contribution in [-0.4, -0.2) is 20.2 Å². The molecule has 0 radical (unpaired) electrons. The van der Waals surface area contributed by atoms with E-state index in [4.69, 9.17) is 17.3 Å². The van der Waals surface area contributed by atoms with Crippen molar-refractivity contribution in [3.8, 4) is 0 Å². The normalized spacial score (nSPS) is 13.7. The Morgan fingerprint density at radius 2 is 2.00 bits per heavy atom. The van der Waals surface area contributed by atoms with Crippen LogP contribution in [0.15, 0.2) is 24.3 Å². The summed E-state index contributed by atoms with van der Waals surface area (Å²) in [6.45, 7) is 1.80. The second-order valence-electron chi connectivity index (χ2n) is 3.95. The summed E-state index contributed by atoms with van der Waals surface area (Å²) >= 11 is 5.90. The third-order valence-corrected chi connectivity index (χ3v) is 4.19. The van der Waals surface area contributed by atoms with Crippen molar-refractivity contribution in [2.75, 3.05) is 5.75 Å². The molecule has 0 amide bonds. The molecule has 1 aromatic rings. The Kier molecular flexibility index (Phi) is 4.77. The zero-order valence-corrected chi connectivity index (χ0v) is 10.8. The maximum atomic E-state index is 11.7. The largest absolute Gasteiger partial charge is 0.328 e. The number of hydrogen-bond acceptors (Lipinski definition) is 3. The lowest BCUT2D eigenvalue weighted by Crippen LogP contribution is -2.20. The van der Waals surface area contributed by atoms with E-state index >= 15 is 0 Å². The van der Waals surface area contributed by atoms with Gasteiger partial charge in [-0.3, -0.25) is 0 Å². The summed E-state index contributed by atoms with van der Waals surface area (Å²) < 4.78 is 23.5. The molecule has 16 heavy (non-hydrogen) atoms. The van der Waals surface area contributed by atoms with Crippen LogP contribution in [0.25, 0.3) is 0 Å². The quantitative estimate of drug-likeness (QED) is 0.882. The first-order valence-corrected chi connectivity index (χ1v) is 7.30. The summed E-state index contributed by atoms with van der Waals surface area (Å²) in [5.74, 6) is 0.0925. The predicted molar refractivity (Wildman–Crippen MR) is 67.2 cm³/mol. The maximum absolute atomic E-state index is 11.7. The molecule has 0 aliphatic heterocycles. The average molecular weight is 262 g/mol. The second-order valence-corrected chi connectivity index (χ2v) is 6.54. The Bertz CT molecular complexity index is 443. The molecule has 1 rings (SSSR count). The fraction of sp³-hybridized carbons (Fsp3) is 0.455. The van der Waals surface area contributed by atoms with Crippen LogP contribution in [0.1, 0.15) is 18.9 Å². The summed E-state index contributed by atoms with van der Waals surface area (Å²) in [6, 6.07) is 6.88. The highest BCUT2D eigenvalue weighted by atomic mass is 35.5. The van der Waals surface area contributed by atoms with Gasteiger partial charge in [0.25, 0.3) is 0 Å². The third kappa shape index (κ3) is 4.51. The molecule has 1 atom stereocenters. The Balaban J connectivity index is 2.70. The number of benzene rings is 1. The minimum Gasteiger partial charge on any atom is -0.328 e. The Morgan fingerprint density at radius 1 is 1.38 bits per heavy atom. The van der Waals surface area contributed by atoms with Crippen molar-refractivity contribution in [1.82, 2.24) is 0 Å². The first-order valence-electron chi connectivity index (χ1n) is 5.10. The lowest BCUT2D eigenvalue weighted by atomic mass is 10.2. The molecule has 0 aromatic heterocycles. The summed E-state index contributed by atoms with van der Waals surface area (Å²) in [5, 5.41) is 0.492. The minimum atomic E-state index is -3.12. The van der Waals surface area contributed by atoms with Gasteiger partial charge in [-0.25, -0.2) is 8.42 Å². The lowest BCUT2D eigenvalue weighted by Gasteiger charge is -2.07. The average Bonchev–Trinajstić information content (AvgIpc) is 2.19. The van der Waals surface area contributed by atoms with Crippen LogP contribution < -0.4 is 5.73 Å². The van der Waals surface area contributed by atoms with Crippen LogP contribution in [0.5, 0.6) is 0 Å². The highest BCUT2D eigenvalue weighted by Gasteiger charge is 2.14. The SMILES string of the molecule is CC(N)CCS(=O)(=O)Cc1ccccc1Cl. The van der Waals surface area contributed by atoms with E-state index in [0.717, 1.165) is 0 Å². The van der Waals surface area contributed by atoms with Crippen molar-refractivity contribution in [3.63, 3.8) is 0 Å². The van der Waals surface area contributed by atoms with Gasteiger partial charge >= 0.3 is 0 Å². The van der Waals surface area contributed by atoms with Crippen molar-refractivity contribution in [2.24, 2.45) is 5.73 Å². The molecule has 0 fully saturated rings. The first-order chi connectivity index (χ1) is 7.41. The minimum absolute atomic E-state index is 0.0145. The van der Waals surface area contributed by atoms with E-state index in [1.165, 1.54) is 0 Å². The van der Waals surface area contributed by atoms with Crippen molar-refractivity contribution >= 4 is 21.4 Å². The highest BCUT2D eigenvalue weighted by Crippen LogP contribution is 2.18. The van der Waals surface area contributed by atoms with Gasteiger partial charge in [0.1, 0.15) is 0 Å². The molecule has 0 spiro atoms. The molecule has 0 heterocycles. The number of sulfone groups is 1. The van der Waals surface area contributed by atoms with Gasteiger partial charge in [0.2, 0.25) is 0 Å². The lowest BCUT2D eigenvalue weighted by molar-refractivity contribution is 0.586. The summed E-state index contributed by atoms with van der Waals surface area (Å²) in [5.41, 5.74) is 6.18. The van der Waals surface area contributed by atoms with Crippen LogP contribution >= 0.6 is 11.6 Å². The molecular formula is C11H16ClNO2S. The van der Waals surface area contributed by atoms with E-state index in [2.05, 4.69) is 0 Å². The molecule has 0 aliphatic carbocycles. The molecular weight excluding hydrogens is 246 g/mol. The standard InChI is InChI=1S/C11H16ClNO2S/c1-9(13)6-7-16(14,15)8-10-4-2-3-5-11(10)12/h2-5,9H,6-8,13H2,1H3. The topological polar surface area (TPSA) is 60.2 Å². The Morgan fingerprint density at radius 3 is 2.56 bits per heavy atom. The van der Waals surface area contributed by atoms with E-state index in [0.29, 0.717) is 17.0 Å². The van der Waals surface area contributed by atoms with E-state index in [1.54, 1.807) is 31.2 Å². The summed E-state index contributed by atoms with van der Waals surface area (Å²) in [7, 11) is -3.12. The van der Waals surface area contributed by atoms with Gasteiger partial charge in [0, 0.05) is 11.1 Å². The number of rotatable bonds is 5. The second kappa shape index (κ2) is 5.66. The highest BCUT2D eigenvalue weighted by molar-refractivity contribution is 7.90. The molecule has 2 N–H and O–H groups in total. The first kappa shape index (κ1) is 13.5. The van der Waals surface area contributed by atoms with Crippen LogP contribution in [0.4, 0.5) is 0 Å². The van der Waals surface area contributed by atoms with Crippen molar-refractivity contribution in [3.05, 3.63) is 34.9 Å². The van der Waals surface area contributed by atoms with Gasteiger partial charge in [0.15, 0.2) is 9.84 Å². The van der Waals surface area contributed by atoms with Gasteiger partial charge in [-0.15, -0.1) is 0 Å².